The lowest BCUT2D eigenvalue weighted by molar-refractivity contribution is -0.119. The minimum atomic E-state index is -0.679. The van der Waals surface area contributed by atoms with Crippen LogP contribution < -0.4 is 21.3 Å². The van der Waals surface area contributed by atoms with Gasteiger partial charge in [-0.25, -0.2) is 4.79 Å². The molecule has 7 nitrogen and oxygen atoms in total. The quantitative estimate of drug-likeness (QED) is 0.597. The van der Waals surface area contributed by atoms with Crippen LogP contribution in [0.1, 0.15) is 30.6 Å². The first kappa shape index (κ1) is 21.4. The molecule has 27 heavy (non-hydrogen) atoms. The molecule has 0 saturated carbocycles. The lowest BCUT2D eigenvalue weighted by Gasteiger charge is -2.27. The summed E-state index contributed by atoms with van der Waals surface area (Å²) in [5, 5.41) is 5.33. The number of nitrogens with one attached hydrogen (secondary N) is 2. The third-order valence-corrected chi connectivity index (χ3v) is 5.46. The molecule has 0 bridgehead atoms. The predicted molar refractivity (Wildman–Crippen MR) is 109 cm³/mol. The summed E-state index contributed by atoms with van der Waals surface area (Å²) in [5.41, 5.74) is 6.41. The average Bonchev–Trinajstić information content (AvgIpc) is 2.75. The number of benzene rings is 1. The van der Waals surface area contributed by atoms with Crippen LogP contribution in [0, 0.1) is 5.92 Å². The van der Waals surface area contributed by atoms with E-state index in [0.29, 0.717) is 41.9 Å². The van der Waals surface area contributed by atoms with Crippen LogP contribution in [-0.4, -0.2) is 48.6 Å². The number of fused-ring (bicyclic) bond motifs is 1. The smallest absolute Gasteiger partial charge is 0.315 e. The van der Waals surface area contributed by atoms with Gasteiger partial charge in [0, 0.05) is 35.2 Å². The molecule has 0 aromatic heterocycles. The molecule has 2 rings (SSSR count). The number of amides is 4. The Morgan fingerprint density at radius 3 is 2.78 bits per heavy atom. The SMILES string of the molecule is CC(C)CCN1C(=O)[C@@H](NC(=O)NCCCl)CSc2ccc(C(N)=O)cc21. The maximum atomic E-state index is 13.1. The van der Waals surface area contributed by atoms with Gasteiger partial charge in [0.2, 0.25) is 5.91 Å². The number of hydrogen-bond acceptors (Lipinski definition) is 4. The normalized spacial score (nSPS) is 16.7. The molecular weight excluding hydrogens is 388 g/mol. The van der Waals surface area contributed by atoms with Crippen molar-refractivity contribution in [2.75, 3.05) is 29.6 Å². The van der Waals surface area contributed by atoms with E-state index in [9.17, 15) is 14.4 Å². The van der Waals surface area contributed by atoms with E-state index in [1.54, 1.807) is 23.1 Å². The van der Waals surface area contributed by atoms with Gasteiger partial charge in [-0.2, -0.15) is 0 Å². The fourth-order valence-electron chi connectivity index (χ4n) is 2.65. The molecule has 0 unspecified atom stereocenters. The van der Waals surface area contributed by atoms with E-state index < -0.39 is 18.0 Å². The molecule has 9 heteroatoms. The van der Waals surface area contributed by atoms with Gasteiger partial charge in [0.25, 0.3) is 5.91 Å². The molecule has 1 aliphatic heterocycles. The van der Waals surface area contributed by atoms with E-state index in [2.05, 4.69) is 24.5 Å². The number of primary amides is 1. The molecule has 1 atom stereocenters. The fraction of sp³-hybridized carbons (Fsp3) is 0.500. The Labute approximate surface area is 168 Å². The van der Waals surface area contributed by atoms with E-state index in [1.807, 2.05) is 0 Å². The van der Waals surface area contributed by atoms with Gasteiger partial charge < -0.3 is 21.3 Å². The van der Waals surface area contributed by atoms with Crippen molar-refractivity contribution in [2.24, 2.45) is 11.7 Å². The summed E-state index contributed by atoms with van der Waals surface area (Å²) in [5.74, 6) is 0.342. The third kappa shape index (κ3) is 5.77. The monoisotopic (exact) mass is 412 g/mol. The molecule has 0 saturated heterocycles. The van der Waals surface area contributed by atoms with Gasteiger partial charge in [-0.3, -0.25) is 9.59 Å². The van der Waals surface area contributed by atoms with Crippen LogP contribution in [0.4, 0.5) is 10.5 Å². The van der Waals surface area contributed by atoms with Gasteiger partial charge in [-0.15, -0.1) is 23.4 Å². The van der Waals surface area contributed by atoms with Crippen molar-refractivity contribution in [3.05, 3.63) is 23.8 Å². The van der Waals surface area contributed by atoms with Crippen molar-refractivity contribution >= 4 is 46.9 Å². The van der Waals surface area contributed by atoms with Crippen LogP contribution in [0.2, 0.25) is 0 Å². The molecule has 4 N–H and O–H groups in total. The average molecular weight is 413 g/mol. The predicted octanol–water partition coefficient (Wildman–Crippen LogP) is 2.18. The first-order valence-electron chi connectivity index (χ1n) is 8.81. The molecule has 1 heterocycles. The number of alkyl halides is 1. The van der Waals surface area contributed by atoms with Crippen LogP contribution in [0.3, 0.4) is 0 Å². The number of nitrogens with two attached hydrogens (primary N) is 1. The van der Waals surface area contributed by atoms with E-state index in [1.165, 1.54) is 11.8 Å². The van der Waals surface area contributed by atoms with Crippen LogP contribution in [0.25, 0.3) is 0 Å². The number of thioether (sulfide) groups is 1. The highest BCUT2D eigenvalue weighted by Gasteiger charge is 2.32. The molecule has 1 aromatic rings. The minimum Gasteiger partial charge on any atom is -0.366 e. The molecule has 0 radical (unpaired) electrons. The fourth-order valence-corrected chi connectivity index (χ4v) is 3.79. The Kier molecular flexibility index (Phi) is 7.79. The van der Waals surface area contributed by atoms with E-state index in [-0.39, 0.29) is 5.91 Å². The molecular formula is C18H25ClN4O3S. The Hall–Kier alpha value is -1.93. The van der Waals surface area contributed by atoms with Gasteiger partial charge in [0.1, 0.15) is 6.04 Å². The van der Waals surface area contributed by atoms with Gasteiger partial charge in [-0.05, 0) is 30.5 Å². The number of hydrogen-bond donors (Lipinski definition) is 3. The molecule has 0 fully saturated rings. The lowest BCUT2D eigenvalue weighted by Crippen LogP contribution is -2.52. The molecule has 1 aliphatic rings. The van der Waals surface area contributed by atoms with Crippen LogP contribution in [0.15, 0.2) is 23.1 Å². The number of nitrogens with zero attached hydrogens (tertiary/aromatic N) is 1. The summed E-state index contributed by atoms with van der Waals surface area (Å²) in [6, 6.07) is 3.99. The first-order valence-corrected chi connectivity index (χ1v) is 10.3. The number of rotatable bonds is 7. The summed E-state index contributed by atoms with van der Waals surface area (Å²) in [4.78, 5) is 39.2. The zero-order chi connectivity index (χ0) is 20.0. The zero-order valence-electron chi connectivity index (χ0n) is 15.5. The largest absolute Gasteiger partial charge is 0.366 e. The number of carbonyl (C=O) groups is 3. The van der Waals surface area contributed by atoms with Crippen molar-refractivity contribution < 1.29 is 14.4 Å². The molecule has 0 aliphatic carbocycles. The van der Waals surface area contributed by atoms with Gasteiger partial charge in [0.15, 0.2) is 0 Å². The maximum absolute atomic E-state index is 13.1. The van der Waals surface area contributed by atoms with E-state index in [0.717, 1.165) is 11.3 Å². The van der Waals surface area contributed by atoms with Crippen LogP contribution >= 0.6 is 23.4 Å². The van der Waals surface area contributed by atoms with Crippen LogP contribution in [0.5, 0.6) is 0 Å². The summed E-state index contributed by atoms with van der Waals surface area (Å²) >= 11 is 7.04. The maximum Gasteiger partial charge on any atom is 0.315 e. The topological polar surface area (TPSA) is 105 Å². The molecule has 1 aromatic carbocycles. The second-order valence-electron chi connectivity index (χ2n) is 6.67. The minimum absolute atomic E-state index is 0.204. The van der Waals surface area contributed by atoms with Crippen molar-refractivity contribution in [3.8, 4) is 0 Å². The second kappa shape index (κ2) is 9.85. The Balaban J connectivity index is 2.30. The highest BCUT2D eigenvalue weighted by atomic mass is 35.5. The zero-order valence-corrected chi connectivity index (χ0v) is 17.0. The highest BCUT2D eigenvalue weighted by molar-refractivity contribution is 7.99. The van der Waals surface area contributed by atoms with Crippen molar-refractivity contribution in [1.29, 1.82) is 0 Å². The highest BCUT2D eigenvalue weighted by Crippen LogP contribution is 2.35. The molecule has 0 spiro atoms. The molecule has 4 amide bonds. The Morgan fingerprint density at radius 1 is 1.41 bits per heavy atom. The lowest BCUT2D eigenvalue weighted by atomic mass is 10.1. The Bertz CT molecular complexity index is 714. The standard InChI is InChI=1S/C18H25ClN4O3S/c1-11(2)5-8-23-14-9-12(16(20)24)3-4-15(14)27-10-13(17(23)25)22-18(26)21-7-6-19/h3-4,9,11,13H,5-8,10H2,1-2H3,(H2,20,24)(H2,21,22,26)/t13-/m0/s1. The van der Waals surface area contributed by atoms with Gasteiger partial charge >= 0.3 is 6.03 Å². The van der Waals surface area contributed by atoms with Crippen LogP contribution in [-0.2, 0) is 4.79 Å². The second-order valence-corrected chi connectivity index (χ2v) is 8.11. The number of anilines is 1. The van der Waals surface area contributed by atoms with Crippen molar-refractivity contribution in [1.82, 2.24) is 10.6 Å². The first-order chi connectivity index (χ1) is 12.8. The van der Waals surface area contributed by atoms with E-state index in [4.69, 9.17) is 17.3 Å². The number of halogens is 1. The van der Waals surface area contributed by atoms with Crippen molar-refractivity contribution in [2.45, 2.75) is 31.2 Å². The van der Waals surface area contributed by atoms with Gasteiger partial charge in [-0.1, -0.05) is 13.8 Å². The number of carbonyl (C=O) groups excluding carboxylic acids is 3. The summed E-state index contributed by atoms with van der Waals surface area (Å²) in [6.07, 6.45) is 0.793. The third-order valence-electron chi connectivity index (χ3n) is 4.12. The Morgan fingerprint density at radius 2 is 2.15 bits per heavy atom. The molecule has 148 valence electrons. The summed E-state index contributed by atoms with van der Waals surface area (Å²) in [6.45, 7) is 4.97. The number of urea groups is 1. The van der Waals surface area contributed by atoms with Crippen molar-refractivity contribution in [3.63, 3.8) is 0 Å². The summed E-state index contributed by atoms with van der Waals surface area (Å²) < 4.78 is 0. The van der Waals surface area contributed by atoms with Gasteiger partial charge in [0.05, 0.1) is 5.69 Å². The summed E-state index contributed by atoms with van der Waals surface area (Å²) in [7, 11) is 0. The van der Waals surface area contributed by atoms with E-state index >= 15 is 0 Å².